The van der Waals surface area contributed by atoms with Crippen LogP contribution in [0, 0.1) is 6.92 Å². The summed E-state index contributed by atoms with van der Waals surface area (Å²) in [5.41, 5.74) is 9.14. The predicted octanol–water partition coefficient (Wildman–Crippen LogP) is 2.64. The van der Waals surface area contributed by atoms with Gasteiger partial charge in [0.2, 0.25) is 11.7 Å². The van der Waals surface area contributed by atoms with Gasteiger partial charge in [-0.05, 0) is 19.1 Å². The zero-order chi connectivity index (χ0) is 21.1. The molecular formula is C22H23N5O2S. The highest BCUT2D eigenvalue weighted by Crippen LogP contribution is 2.18. The van der Waals surface area contributed by atoms with Gasteiger partial charge in [0.1, 0.15) is 4.99 Å². The van der Waals surface area contributed by atoms with Crippen LogP contribution in [0.1, 0.15) is 27.4 Å². The van der Waals surface area contributed by atoms with E-state index >= 15 is 0 Å². The summed E-state index contributed by atoms with van der Waals surface area (Å²) in [7, 11) is 0. The maximum atomic E-state index is 12.7. The summed E-state index contributed by atoms with van der Waals surface area (Å²) in [5.74, 6) is 1.20. The van der Waals surface area contributed by atoms with E-state index < -0.39 is 0 Å². The highest BCUT2D eigenvalue weighted by Gasteiger charge is 2.23. The number of thiocarbonyl (C=S) groups is 1. The van der Waals surface area contributed by atoms with Gasteiger partial charge < -0.3 is 15.2 Å². The van der Waals surface area contributed by atoms with E-state index in [1.54, 1.807) is 24.3 Å². The van der Waals surface area contributed by atoms with Crippen LogP contribution in [0.3, 0.4) is 0 Å². The average Bonchev–Trinajstić information content (AvgIpc) is 3.23. The number of hydrogen-bond acceptors (Lipinski definition) is 6. The summed E-state index contributed by atoms with van der Waals surface area (Å²) in [5, 5.41) is 4.09. The molecule has 2 N–H and O–H groups in total. The minimum Gasteiger partial charge on any atom is -0.389 e. The van der Waals surface area contributed by atoms with E-state index in [4.69, 9.17) is 22.5 Å². The van der Waals surface area contributed by atoms with Crippen LogP contribution in [-0.4, -0.2) is 57.0 Å². The molecule has 1 saturated heterocycles. The van der Waals surface area contributed by atoms with Crippen LogP contribution in [0.4, 0.5) is 0 Å². The van der Waals surface area contributed by atoms with Gasteiger partial charge in [-0.25, -0.2) is 0 Å². The first-order chi connectivity index (χ1) is 14.5. The molecule has 1 aliphatic heterocycles. The quantitative estimate of drug-likeness (QED) is 0.634. The number of nitrogens with zero attached hydrogens (tertiary/aromatic N) is 4. The molecule has 4 rings (SSSR count). The van der Waals surface area contributed by atoms with E-state index in [2.05, 4.69) is 15.0 Å². The Morgan fingerprint density at radius 1 is 1.03 bits per heavy atom. The van der Waals surface area contributed by atoms with Gasteiger partial charge in [0.05, 0.1) is 6.54 Å². The van der Waals surface area contributed by atoms with Crippen LogP contribution in [0.25, 0.3) is 11.4 Å². The third-order valence-corrected chi connectivity index (χ3v) is 5.45. The number of amides is 1. The molecule has 0 spiro atoms. The van der Waals surface area contributed by atoms with Crippen molar-refractivity contribution in [2.45, 2.75) is 13.5 Å². The van der Waals surface area contributed by atoms with Crippen molar-refractivity contribution in [2.75, 3.05) is 26.2 Å². The van der Waals surface area contributed by atoms with E-state index in [9.17, 15) is 4.79 Å². The Hall–Kier alpha value is -3.10. The predicted molar refractivity (Wildman–Crippen MR) is 118 cm³/mol. The molecule has 0 saturated carbocycles. The van der Waals surface area contributed by atoms with Crippen LogP contribution in [-0.2, 0) is 6.54 Å². The lowest BCUT2D eigenvalue weighted by molar-refractivity contribution is 0.0615. The monoisotopic (exact) mass is 421 g/mol. The van der Waals surface area contributed by atoms with Crippen molar-refractivity contribution in [2.24, 2.45) is 5.73 Å². The van der Waals surface area contributed by atoms with Crippen LogP contribution >= 0.6 is 12.2 Å². The normalized spacial score (nSPS) is 14.6. The van der Waals surface area contributed by atoms with Gasteiger partial charge in [-0.3, -0.25) is 9.69 Å². The Morgan fingerprint density at radius 2 is 1.67 bits per heavy atom. The first-order valence-electron chi connectivity index (χ1n) is 9.81. The summed E-state index contributed by atoms with van der Waals surface area (Å²) in [6.07, 6.45) is 0. The molecule has 8 heteroatoms. The van der Waals surface area contributed by atoms with Gasteiger partial charge in [-0.1, -0.05) is 59.3 Å². The number of hydrogen-bond donors (Lipinski definition) is 1. The molecule has 2 aromatic carbocycles. The molecule has 7 nitrogen and oxygen atoms in total. The largest absolute Gasteiger partial charge is 0.389 e. The van der Waals surface area contributed by atoms with Crippen LogP contribution in [0.15, 0.2) is 53.1 Å². The molecule has 154 valence electrons. The topological polar surface area (TPSA) is 88.5 Å². The summed E-state index contributed by atoms with van der Waals surface area (Å²) < 4.78 is 5.42. The standard InChI is InChI=1S/C22H23N5O2S/c1-15-2-4-17(5-3-15)21-24-19(29-25-21)14-26-10-12-27(13-11-26)22(28)18-8-6-16(7-9-18)20(23)30/h2-9H,10-14H2,1H3,(H2,23,30). The Morgan fingerprint density at radius 3 is 2.30 bits per heavy atom. The second kappa shape index (κ2) is 8.73. The average molecular weight is 422 g/mol. The first kappa shape index (κ1) is 20.2. The lowest BCUT2D eigenvalue weighted by Crippen LogP contribution is -2.48. The van der Waals surface area contributed by atoms with Crippen molar-refractivity contribution in [1.82, 2.24) is 19.9 Å². The SMILES string of the molecule is Cc1ccc(-c2noc(CN3CCN(C(=O)c4ccc(C(N)=S)cc4)CC3)n2)cc1. The van der Waals surface area contributed by atoms with Crippen molar-refractivity contribution >= 4 is 23.1 Å². The van der Waals surface area contributed by atoms with Crippen LogP contribution < -0.4 is 5.73 Å². The molecule has 30 heavy (non-hydrogen) atoms. The first-order valence-corrected chi connectivity index (χ1v) is 10.2. The molecule has 1 aromatic heterocycles. The molecule has 1 fully saturated rings. The highest BCUT2D eigenvalue weighted by atomic mass is 32.1. The fraction of sp³-hybridized carbons (Fsp3) is 0.273. The van der Waals surface area contributed by atoms with Crippen LogP contribution in [0.2, 0.25) is 0 Å². The van der Waals surface area contributed by atoms with E-state index in [-0.39, 0.29) is 5.91 Å². The van der Waals surface area contributed by atoms with Gasteiger partial charge in [0, 0.05) is 42.9 Å². The number of piperazine rings is 1. The zero-order valence-corrected chi connectivity index (χ0v) is 17.6. The van der Waals surface area contributed by atoms with Gasteiger partial charge in [0.25, 0.3) is 5.91 Å². The number of benzene rings is 2. The minimum atomic E-state index is 0.0172. The highest BCUT2D eigenvalue weighted by molar-refractivity contribution is 7.80. The molecule has 0 radical (unpaired) electrons. The van der Waals surface area contributed by atoms with Crippen LogP contribution in [0.5, 0.6) is 0 Å². The lowest BCUT2D eigenvalue weighted by Gasteiger charge is -2.34. The number of rotatable bonds is 5. The smallest absolute Gasteiger partial charge is 0.253 e. The molecule has 1 amide bonds. The second-order valence-electron chi connectivity index (χ2n) is 7.39. The fourth-order valence-electron chi connectivity index (χ4n) is 3.40. The zero-order valence-electron chi connectivity index (χ0n) is 16.7. The Bertz CT molecular complexity index is 1040. The molecule has 0 unspecified atom stereocenters. The third-order valence-electron chi connectivity index (χ3n) is 5.21. The van der Waals surface area contributed by atoms with Crippen molar-refractivity contribution < 1.29 is 9.32 Å². The Labute approximate surface area is 180 Å². The minimum absolute atomic E-state index is 0.0172. The molecule has 1 aliphatic rings. The summed E-state index contributed by atoms with van der Waals surface area (Å²) in [4.78, 5) is 21.6. The van der Waals surface area contributed by atoms with E-state index in [1.165, 1.54) is 5.56 Å². The summed E-state index contributed by atoms with van der Waals surface area (Å²) >= 11 is 4.96. The molecule has 2 heterocycles. The fourth-order valence-corrected chi connectivity index (χ4v) is 3.54. The van der Waals surface area contributed by atoms with Gasteiger partial charge in [-0.2, -0.15) is 4.98 Å². The van der Waals surface area contributed by atoms with Crippen molar-refractivity contribution in [3.8, 4) is 11.4 Å². The molecule has 0 bridgehead atoms. The van der Waals surface area contributed by atoms with E-state index in [1.807, 2.05) is 36.1 Å². The molecular weight excluding hydrogens is 398 g/mol. The molecule has 3 aromatic rings. The number of aryl methyl sites for hydroxylation is 1. The number of carbonyl (C=O) groups is 1. The van der Waals surface area contributed by atoms with E-state index in [0.717, 1.165) is 24.2 Å². The third kappa shape index (κ3) is 4.55. The van der Waals surface area contributed by atoms with Crippen molar-refractivity contribution in [1.29, 1.82) is 0 Å². The summed E-state index contributed by atoms with van der Waals surface area (Å²) in [6.45, 7) is 5.41. The molecule has 0 atom stereocenters. The van der Waals surface area contributed by atoms with Gasteiger partial charge in [-0.15, -0.1) is 0 Å². The van der Waals surface area contributed by atoms with Crippen molar-refractivity contribution in [3.63, 3.8) is 0 Å². The van der Waals surface area contributed by atoms with E-state index in [0.29, 0.717) is 41.9 Å². The Kier molecular flexibility index (Phi) is 5.87. The Balaban J connectivity index is 1.32. The molecule has 0 aliphatic carbocycles. The number of nitrogens with two attached hydrogens (primary N) is 1. The van der Waals surface area contributed by atoms with Crippen molar-refractivity contribution in [3.05, 3.63) is 71.1 Å². The second-order valence-corrected chi connectivity index (χ2v) is 7.83. The lowest BCUT2D eigenvalue weighted by atomic mass is 10.1. The maximum Gasteiger partial charge on any atom is 0.253 e. The van der Waals surface area contributed by atoms with Gasteiger partial charge >= 0.3 is 0 Å². The number of carbonyl (C=O) groups excluding carboxylic acids is 1. The number of aromatic nitrogens is 2. The summed E-state index contributed by atoms with van der Waals surface area (Å²) in [6, 6.07) is 15.1. The van der Waals surface area contributed by atoms with Gasteiger partial charge in [0.15, 0.2) is 0 Å². The maximum absolute atomic E-state index is 12.7.